The molecule has 3 aromatic carbocycles. The van der Waals surface area contributed by atoms with E-state index in [0.717, 1.165) is 243 Å². The van der Waals surface area contributed by atoms with Gasteiger partial charge >= 0.3 is 0 Å². The number of nitrogen functional groups attached to an aromatic ring is 1. The number of fused-ring (bicyclic) bond motifs is 7. The van der Waals surface area contributed by atoms with Gasteiger partial charge in [-0.3, -0.25) is 0 Å². The minimum Gasteiger partial charge on any atom is -0.396 e. The first-order valence-corrected chi connectivity index (χ1v) is 52.1. The number of hydrogen-bond acceptors (Lipinski definition) is 28. The van der Waals surface area contributed by atoms with E-state index in [1.54, 1.807) is 49.7 Å². The van der Waals surface area contributed by atoms with Gasteiger partial charge in [0.15, 0.2) is 0 Å². The molecular formula is C111H145ClN18O8S2. The Morgan fingerprint density at radius 3 is 1.15 bits per heavy atom. The van der Waals surface area contributed by atoms with Crippen molar-refractivity contribution in [2.75, 3.05) is 83.1 Å². The van der Waals surface area contributed by atoms with Crippen LogP contribution in [0, 0.1) is 59.3 Å². The summed E-state index contributed by atoms with van der Waals surface area (Å²) in [5.74, 6) is 4.58. The van der Waals surface area contributed by atoms with Gasteiger partial charge in [0.2, 0.25) is 0 Å². The molecule has 10 aromatic rings. The zero-order valence-corrected chi connectivity index (χ0v) is 85.6. The number of aryl methyl sites for hydroxylation is 6. The number of anilines is 1. The third-order valence-electron chi connectivity index (χ3n) is 27.0. The Kier molecular flexibility index (Phi) is 45.9. The molecule has 7 heterocycles. The minimum absolute atomic E-state index is 0.0715. The number of hydrogen-bond donors (Lipinski definition) is 12. The highest BCUT2D eigenvalue weighted by atomic mass is 35.5. The predicted molar refractivity (Wildman–Crippen MR) is 567 cm³/mol. The summed E-state index contributed by atoms with van der Waals surface area (Å²) in [6.45, 7) is 23.7. The van der Waals surface area contributed by atoms with Crippen molar-refractivity contribution in [3.63, 3.8) is 0 Å². The number of unbranched alkanes of at least 4 members (excludes halogenated alkanes) is 1. The van der Waals surface area contributed by atoms with Crippen LogP contribution in [0.25, 0.3) is 39.0 Å². The predicted octanol–water partition coefficient (Wildman–Crippen LogP) is 16.7. The van der Waals surface area contributed by atoms with Crippen LogP contribution in [0.15, 0.2) is 177 Å². The Labute approximate surface area is 841 Å². The zero-order chi connectivity index (χ0) is 99.7. The van der Waals surface area contributed by atoms with Crippen LogP contribution in [-0.4, -0.2) is 212 Å². The number of nitrogens with one attached hydrogen (secondary N) is 3. The van der Waals surface area contributed by atoms with Crippen LogP contribution >= 0.6 is 35.1 Å². The summed E-state index contributed by atoms with van der Waals surface area (Å²) < 4.78 is 0. The quantitative estimate of drug-likeness (QED) is 0.0158. The monoisotopic (exact) mass is 1960 g/mol. The third kappa shape index (κ3) is 32.1. The molecule has 746 valence electrons. The number of aromatic nitrogens is 14. The molecule has 0 saturated heterocycles. The van der Waals surface area contributed by atoms with E-state index < -0.39 is 6.10 Å². The van der Waals surface area contributed by atoms with E-state index in [0.29, 0.717) is 30.6 Å². The molecule has 0 bridgehead atoms. The second kappa shape index (κ2) is 58.4. The number of allylic oxidation sites excluding steroid dienone is 11. The number of nitrogens with two attached hydrogens (primary N) is 1. The molecule has 140 heavy (non-hydrogen) atoms. The lowest BCUT2D eigenvalue weighted by molar-refractivity contribution is 0.0893. The Bertz CT molecular complexity index is 5810. The van der Waals surface area contributed by atoms with E-state index in [2.05, 4.69) is 185 Å². The smallest absolute Gasteiger partial charge is 0.130 e. The highest BCUT2D eigenvalue weighted by Crippen LogP contribution is 2.39. The molecule has 13 N–H and O–H groups in total. The minimum atomic E-state index is -0.529. The zero-order valence-electron chi connectivity index (χ0n) is 83.2. The maximum absolute atomic E-state index is 9.76. The molecule has 7 aromatic heterocycles. The lowest BCUT2D eigenvalue weighted by Gasteiger charge is -2.21. The molecule has 0 fully saturated rings. The molecule has 29 heteroatoms. The Morgan fingerprint density at radius 2 is 0.750 bits per heavy atom. The molecule has 0 radical (unpaired) electrons. The van der Waals surface area contributed by atoms with Gasteiger partial charge in [-0.1, -0.05) is 162 Å². The summed E-state index contributed by atoms with van der Waals surface area (Å²) in [6, 6.07) is 28.5. The molecule has 8 atom stereocenters. The van der Waals surface area contributed by atoms with Crippen molar-refractivity contribution in [3.8, 4) is 0 Å². The number of halogens is 1. The van der Waals surface area contributed by atoms with Crippen LogP contribution in [0.3, 0.4) is 0 Å². The van der Waals surface area contributed by atoms with Gasteiger partial charge in [-0.15, -0.1) is 11.8 Å². The molecular weight excluding hydrogens is 1810 g/mol. The Morgan fingerprint density at radius 1 is 0.371 bits per heavy atom. The number of aliphatic hydroxyl groups is 8. The fraction of sp³-hybridized carbons (Fsp3) is 0.459. The first-order valence-electron chi connectivity index (χ1n) is 49.6. The fourth-order valence-corrected chi connectivity index (χ4v) is 20.0. The molecule has 0 aliphatic heterocycles. The van der Waals surface area contributed by atoms with Crippen molar-refractivity contribution in [3.05, 3.63) is 301 Å². The van der Waals surface area contributed by atoms with Crippen LogP contribution in [-0.2, 0) is 50.7 Å². The number of benzene rings is 3. The summed E-state index contributed by atoms with van der Waals surface area (Å²) in [7, 11) is 0. The lowest BCUT2D eigenvalue weighted by Crippen LogP contribution is -2.43. The Hall–Kier alpha value is -10.3. The number of nitrogens with zero attached hydrogens (tertiary/aromatic N) is 14. The van der Waals surface area contributed by atoms with Gasteiger partial charge in [-0.05, 0) is 243 Å². The standard InChI is InChI=1S/C19H21ClN2OS.C19H23N3OS.C18H20N2O.C15H23N3O.C14H21N3O2.C13H19N3O.C13H18N2O/c1-13-18-9-4-15(19(18)22-12-21-13)3-2-14(10-23)11-24-17-7-5-16(20)6-8-17;1-14-18-8-7-16(19(18)22-13-21-14)9-20-17(10-23)12-24-11-15-5-3-2-4-6-15;1-13-17-10-9-15(18(17)20-12-19-13)7-8-16(11-21)14-5-3-2-4-6-14;1-3-4-5-13(9-19)16-8-12-6-7-14-11(2)17-10-18-15(12)14;1-3-13(19)12(7-18)15-6-10-4-5-11-9(2)16-8-17-14(10)11;1-2-9(7-17)3-4-10-5-6-11-12(10)15-8-16-13(11)14;1-9(7-16)3-4-11-5-6-12-10(2)14-8-15-13(11)12/h4-8,12,14,23H,2-3,9-11H2,1H3;2-7,13,17,20,23H,8-12H2,1H3;2-6,9,12,16,21H,7-8,10-11H2,1H3;6,10,13,16,19H,3-5,7-9H2,1-2H3;4,8,12-13,15,18-19H,3,5-7H2,1-2H3;5,8-9,17H,2-4,6-7H2,1H3,(H2,14,15,16);5,8-9,16H,3-4,6-7H2,1-2H3/t14-;17-;16-;13-;12-,13-;2*9-/m1111111/s1. The van der Waals surface area contributed by atoms with Crippen LogP contribution < -0.4 is 21.7 Å². The first kappa shape index (κ1) is 110. The van der Waals surface area contributed by atoms with E-state index in [4.69, 9.17) is 22.4 Å². The van der Waals surface area contributed by atoms with Crippen molar-refractivity contribution in [2.24, 2.45) is 17.8 Å². The summed E-state index contributed by atoms with van der Waals surface area (Å²) in [4.78, 5) is 61.3. The second-order valence-corrected chi connectivity index (χ2v) is 39.2. The first-order chi connectivity index (χ1) is 68.1. The lowest BCUT2D eigenvalue weighted by atomic mass is 9.92. The maximum Gasteiger partial charge on any atom is 0.130 e. The summed E-state index contributed by atoms with van der Waals surface area (Å²) in [5, 5.41) is 86.3. The van der Waals surface area contributed by atoms with Gasteiger partial charge < -0.3 is 62.5 Å². The summed E-state index contributed by atoms with van der Waals surface area (Å²) in [5.41, 5.74) is 39.4. The van der Waals surface area contributed by atoms with E-state index in [1.807, 2.05) is 109 Å². The Balaban J connectivity index is 0.000000157. The van der Waals surface area contributed by atoms with Gasteiger partial charge in [0.05, 0.1) is 71.8 Å². The fourth-order valence-electron chi connectivity index (χ4n) is 17.8. The largest absolute Gasteiger partial charge is 0.396 e. The molecule has 7 aliphatic carbocycles. The van der Waals surface area contributed by atoms with Gasteiger partial charge in [0.1, 0.15) is 50.1 Å². The molecule has 26 nitrogen and oxygen atoms in total. The molecule has 0 saturated carbocycles. The number of aliphatic hydroxyl groups excluding tert-OH is 8. The number of rotatable bonds is 42. The van der Waals surface area contributed by atoms with Gasteiger partial charge in [-0.25, -0.2) is 69.8 Å². The molecule has 0 unspecified atom stereocenters. The van der Waals surface area contributed by atoms with Crippen LogP contribution in [0.4, 0.5) is 5.82 Å². The van der Waals surface area contributed by atoms with E-state index >= 15 is 0 Å². The number of thioether (sulfide) groups is 2. The topological polar surface area (TPSA) is 404 Å². The van der Waals surface area contributed by atoms with Crippen molar-refractivity contribution in [2.45, 2.75) is 238 Å². The average Bonchev–Trinajstić information content (AvgIpc) is 1.71. The maximum atomic E-state index is 9.76. The van der Waals surface area contributed by atoms with Crippen molar-refractivity contribution < 1.29 is 40.9 Å². The van der Waals surface area contributed by atoms with E-state index in [1.165, 1.54) is 89.2 Å². The average molecular weight is 1960 g/mol. The highest BCUT2D eigenvalue weighted by Gasteiger charge is 2.28. The second-order valence-electron chi connectivity index (χ2n) is 36.7. The highest BCUT2D eigenvalue weighted by molar-refractivity contribution is 7.99. The van der Waals surface area contributed by atoms with E-state index in [-0.39, 0.29) is 76.2 Å². The van der Waals surface area contributed by atoms with E-state index in [9.17, 15) is 35.7 Å². The molecule has 0 amide bonds. The summed E-state index contributed by atoms with van der Waals surface area (Å²) >= 11 is 9.52. The van der Waals surface area contributed by atoms with Crippen LogP contribution in [0.5, 0.6) is 0 Å². The van der Waals surface area contributed by atoms with Gasteiger partial charge in [0, 0.05) is 164 Å². The van der Waals surface area contributed by atoms with Crippen LogP contribution in [0.1, 0.15) is 241 Å². The molecule has 7 aliphatic rings. The van der Waals surface area contributed by atoms with Gasteiger partial charge in [0.25, 0.3) is 0 Å². The third-order valence-corrected chi connectivity index (χ3v) is 29.7. The van der Waals surface area contributed by atoms with Gasteiger partial charge in [-0.2, -0.15) is 11.8 Å². The van der Waals surface area contributed by atoms with Crippen molar-refractivity contribution >= 4 is 80.0 Å². The van der Waals surface area contributed by atoms with Crippen molar-refractivity contribution in [1.82, 2.24) is 85.7 Å². The normalized spacial score (nSPS) is 15.2. The molecule has 17 rings (SSSR count). The molecule has 0 spiro atoms. The SMILES string of the molecule is CCCC[C@H](CO)NCC1=CCc2c(C)ncnc21.CC[C@@H](CO)CCC1=CCc2c(N)ncnc21.CC[C@@H](O)[C@@H](CO)NCC1=CCc2c(C)ncnc21.Cc1ncnc2c1CC=C2CC[C@@H](C)CO.Cc1ncnc2c1CC=C2CC[C@H](CO)CSc1ccc(Cl)cc1.Cc1ncnc2c1CC=C2CC[C@H](CO)c1ccccc1.Cc1ncnc2c1CC=C2CN[C@H](CO)CSCc1ccccc1. The van der Waals surface area contributed by atoms with Crippen molar-refractivity contribution in [1.29, 1.82) is 0 Å². The van der Waals surface area contributed by atoms with Crippen LogP contribution in [0.2, 0.25) is 5.02 Å². The summed E-state index contributed by atoms with van der Waals surface area (Å²) in [6.07, 6.45) is 45.4.